The van der Waals surface area contributed by atoms with E-state index >= 15 is 0 Å². The molecule has 0 heterocycles. The molecule has 0 aliphatic heterocycles. The third-order valence-electron chi connectivity index (χ3n) is 2.99. The molecule has 1 atom stereocenters. The number of carbonyl (C=O) groups excluding carboxylic acids is 1. The monoisotopic (exact) mass is 313 g/mol. The lowest BCUT2D eigenvalue weighted by atomic mass is 9.86. The number of ether oxygens (including phenoxy) is 1. The Bertz CT molecular complexity index is 254. The van der Waals surface area contributed by atoms with Gasteiger partial charge in [0.1, 0.15) is 0 Å². The van der Waals surface area contributed by atoms with Gasteiger partial charge in [-0.25, -0.2) is 8.78 Å². The standard InChI is InChI=1S/C11H18BrF2NO2/c1-17-7-9(6-12)15-10(16)8-2-4-11(13,14)5-3-8/h8-9H,2-7H2,1H3,(H,15,16). The van der Waals surface area contributed by atoms with E-state index in [-0.39, 0.29) is 43.6 Å². The molecule has 0 bridgehead atoms. The molecule has 1 saturated carbocycles. The summed E-state index contributed by atoms with van der Waals surface area (Å²) in [6.07, 6.45) is 0.157. The molecule has 3 nitrogen and oxygen atoms in total. The van der Waals surface area contributed by atoms with Crippen molar-refractivity contribution >= 4 is 21.8 Å². The van der Waals surface area contributed by atoms with Crippen LogP contribution in [-0.4, -0.2) is 36.9 Å². The minimum atomic E-state index is -2.59. The molecule has 100 valence electrons. The lowest BCUT2D eigenvalue weighted by Crippen LogP contribution is -2.44. The first-order valence-electron chi connectivity index (χ1n) is 5.71. The van der Waals surface area contributed by atoms with Crippen LogP contribution in [0, 0.1) is 5.92 Å². The van der Waals surface area contributed by atoms with Crippen molar-refractivity contribution < 1.29 is 18.3 Å². The molecule has 17 heavy (non-hydrogen) atoms. The summed E-state index contributed by atoms with van der Waals surface area (Å²) in [7, 11) is 1.56. The van der Waals surface area contributed by atoms with Gasteiger partial charge in [-0.2, -0.15) is 0 Å². The molecule has 0 aromatic carbocycles. The van der Waals surface area contributed by atoms with E-state index in [0.29, 0.717) is 11.9 Å². The second kappa shape index (κ2) is 6.64. The van der Waals surface area contributed by atoms with Gasteiger partial charge < -0.3 is 10.1 Å². The van der Waals surface area contributed by atoms with Crippen LogP contribution in [0.5, 0.6) is 0 Å². The molecule has 0 aromatic heterocycles. The lowest BCUT2D eigenvalue weighted by molar-refractivity contribution is -0.130. The highest BCUT2D eigenvalue weighted by molar-refractivity contribution is 9.09. The van der Waals surface area contributed by atoms with Crippen LogP contribution in [0.4, 0.5) is 8.78 Å². The maximum absolute atomic E-state index is 12.9. The summed E-state index contributed by atoms with van der Waals surface area (Å²) in [4.78, 5) is 11.8. The zero-order valence-electron chi connectivity index (χ0n) is 9.85. The summed E-state index contributed by atoms with van der Waals surface area (Å²) in [5, 5.41) is 3.40. The van der Waals surface area contributed by atoms with Crippen molar-refractivity contribution in [1.82, 2.24) is 5.32 Å². The first-order valence-corrected chi connectivity index (χ1v) is 6.84. The van der Waals surface area contributed by atoms with Gasteiger partial charge in [0, 0.05) is 31.2 Å². The molecule has 1 unspecified atom stereocenters. The van der Waals surface area contributed by atoms with Crippen LogP contribution in [0.3, 0.4) is 0 Å². The highest BCUT2D eigenvalue weighted by atomic mass is 79.9. The van der Waals surface area contributed by atoms with Crippen LogP contribution in [0.2, 0.25) is 0 Å². The van der Waals surface area contributed by atoms with E-state index in [0.717, 1.165) is 0 Å². The minimum absolute atomic E-state index is 0.102. The van der Waals surface area contributed by atoms with E-state index in [4.69, 9.17) is 4.74 Å². The Labute approximate surface area is 108 Å². The number of nitrogens with one attached hydrogen (secondary N) is 1. The summed E-state index contributed by atoms with van der Waals surface area (Å²) in [6.45, 7) is 0.417. The zero-order valence-corrected chi connectivity index (χ0v) is 11.4. The number of amides is 1. The average Bonchev–Trinajstić information content (AvgIpc) is 2.28. The maximum atomic E-state index is 12.9. The molecule has 1 amide bonds. The van der Waals surface area contributed by atoms with Gasteiger partial charge in [-0.05, 0) is 12.8 Å². The Morgan fingerprint density at radius 3 is 2.59 bits per heavy atom. The van der Waals surface area contributed by atoms with Gasteiger partial charge in [0.15, 0.2) is 0 Å². The van der Waals surface area contributed by atoms with Gasteiger partial charge in [-0.1, -0.05) is 15.9 Å². The van der Waals surface area contributed by atoms with Crippen molar-refractivity contribution in [3.05, 3.63) is 0 Å². The number of rotatable bonds is 5. The first kappa shape index (κ1) is 14.8. The third kappa shape index (κ3) is 4.87. The second-order valence-corrected chi connectivity index (χ2v) is 5.09. The van der Waals surface area contributed by atoms with Gasteiger partial charge in [0.25, 0.3) is 0 Å². The number of alkyl halides is 3. The zero-order chi connectivity index (χ0) is 12.9. The molecular formula is C11H18BrF2NO2. The summed E-state index contributed by atoms with van der Waals surface area (Å²) in [5.74, 6) is -3.01. The van der Waals surface area contributed by atoms with E-state index in [1.807, 2.05) is 0 Å². The second-order valence-electron chi connectivity index (χ2n) is 4.45. The van der Waals surface area contributed by atoms with Gasteiger partial charge in [0.2, 0.25) is 11.8 Å². The van der Waals surface area contributed by atoms with Gasteiger partial charge in [-0.15, -0.1) is 0 Å². The Hall–Kier alpha value is -0.230. The molecule has 1 aliphatic carbocycles. The average molecular weight is 314 g/mol. The predicted molar refractivity (Wildman–Crippen MR) is 64.5 cm³/mol. The van der Waals surface area contributed by atoms with E-state index in [1.54, 1.807) is 7.11 Å². The third-order valence-corrected chi connectivity index (χ3v) is 3.77. The van der Waals surface area contributed by atoms with Crippen molar-refractivity contribution in [1.29, 1.82) is 0 Å². The van der Waals surface area contributed by atoms with Crippen LogP contribution in [-0.2, 0) is 9.53 Å². The highest BCUT2D eigenvalue weighted by Crippen LogP contribution is 2.36. The van der Waals surface area contributed by atoms with Crippen LogP contribution >= 0.6 is 15.9 Å². The van der Waals surface area contributed by atoms with Crippen molar-refractivity contribution in [2.24, 2.45) is 5.92 Å². The van der Waals surface area contributed by atoms with Crippen LogP contribution in [0.25, 0.3) is 0 Å². The summed E-state index contributed by atoms with van der Waals surface area (Å²) < 4.78 is 30.8. The van der Waals surface area contributed by atoms with E-state index in [9.17, 15) is 13.6 Å². The lowest BCUT2D eigenvalue weighted by Gasteiger charge is -2.28. The van der Waals surface area contributed by atoms with Crippen molar-refractivity contribution in [3.8, 4) is 0 Å². The topological polar surface area (TPSA) is 38.3 Å². The van der Waals surface area contributed by atoms with Crippen molar-refractivity contribution in [2.75, 3.05) is 19.0 Å². The quantitative estimate of drug-likeness (QED) is 0.791. The Kier molecular flexibility index (Phi) is 5.79. The van der Waals surface area contributed by atoms with E-state index in [1.165, 1.54) is 0 Å². The van der Waals surface area contributed by atoms with Gasteiger partial charge >= 0.3 is 0 Å². The van der Waals surface area contributed by atoms with Gasteiger partial charge in [-0.3, -0.25) is 4.79 Å². The molecule has 0 radical (unpaired) electrons. The number of carbonyl (C=O) groups is 1. The molecule has 0 saturated heterocycles. The Morgan fingerprint density at radius 1 is 1.53 bits per heavy atom. The fourth-order valence-corrected chi connectivity index (χ4v) is 2.30. The maximum Gasteiger partial charge on any atom is 0.248 e. The molecule has 1 fully saturated rings. The van der Waals surface area contributed by atoms with Crippen molar-refractivity contribution in [2.45, 2.75) is 37.6 Å². The Balaban J connectivity index is 2.38. The smallest absolute Gasteiger partial charge is 0.248 e. The van der Waals surface area contributed by atoms with E-state index in [2.05, 4.69) is 21.2 Å². The fourth-order valence-electron chi connectivity index (χ4n) is 1.95. The molecule has 0 spiro atoms. The molecular weight excluding hydrogens is 296 g/mol. The van der Waals surface area contributed by atoms with Crippen molar-refractivity contribution in [3.63, 3.8) is 0 Å². The molecule has 1 aliphatic rings. The highest BCUT2D eigenvalue weighted by Gasteiger charge is 2.37. The van der Waals surface area contributed by atoms with Crippen LogP contribution in [0.15, 0.2) is 0 Å². The number of hydrogen-bond donors (Lipinski definition) is 1. The molecule has 1 N–H and O–H groups in total. The number of methoxy groups -OCH3 is 1. The largest absolute Gasteiger partial charge is 0.383 e. The fraction of sp³-hybridized carbons (Fsp3) is 0.909. The van der Waals surface area contributed by atoms with Crippen LogP contribution in [0.1, 0.15) is 25.7 Å². The van der Waals surface area contributed by atoms with E-state index < -0.39 is 5.92 Å². The summed E-state index contributed by atoms with van der Waals surface area (Å²) in [5.41, 5.74) is 0. The number of hydrogen-bond acceptors (Lipinski definition) is 2. The first-order chi connectivity index (χ1) is 7.98. The Morgan fingerprint density at radius 2 is 2.12 bits per heavy atom. The van der Waals surface area contributed by atoms with Crippen LogP contribution < -0.4 is 5.32 Å². The molecule has 0 aromatic rings. The molecule has 1 rings (SSSR count). The summed E-state index contributed by atoms with van der Waals surface area (Å²) in [6, 6.07) is -0.102. The summed E-state index contributed by atoms with van der Waals surface area (Å²) >= 11 is 3.27. The normalized spacial score (nSPS) is 22.1. The minimum Gasteiger partial charge on any atom is -0.383 e. The predicted octanol–water partition coefficient (Wildman–Crippen LogP) is 2.34. The number of halogens is 3. The van der Waals surface area contributed by atoms with Gasteiger partial charge in [0.05, 0.1) is 12.6 Å². The molecule has 6 heteroatoms. The SMILES string of the molecule is COCC(CBr)NC(=O)C1CCC(F)(F)CC1.